The molecule has 2 aliphatic heterocycles. The molecule has 0 unspecified atom stereocenters. The average Bonchev–Trinajstić information content (AvgIpc) is 2.94. The van der Waals surface area contributed by atoms with E-state index in [1.165, 1.54) is 11.3 Å². The molecule has 0 N–H and O–H groups in total. The molecular formula is C25H30BNO2. The predicted molar refractivity (Wildman–Crippen MR) is 123 cm³/mol. The van der Waals surface area contributed by atoms with E-state index in [2.05, 4.69) is 106 Å². The molecule has 1 saturated heterocycles. The van der Waals surface area contributed by atoms with Crippen molar-refractivity contribution in [3.8, 4) is 0 Å². The van der Waals surface area contributed by atoms with Crippen molar-refractivity contribution < 1.29 is 9.31 Å². The summed E-state index contributed by atoms with van der Waals surface area (Å²) >= 11 is 0. The molecule has 3 nitrogen and oxygen atoms in total. The van der Waals surface area contributed by atoms with Crippen LogP contribution < -0.4 is 10.4 Å². The second kappa shape index (κ2) is 7.51. The van der Waals surface area contributed by atoms with Gasteiger partial charge >= 0.3 is 7.12 Å². The van der Waals surface area contributed by atoms with Crippen LogP contribution in [0, 0.1) is 0 Å². The second-order valence-electron chi connectivity index (χ2n) is 8.90. The fraction of sp³-hybridized carbons (Fsp3) is 0.360. The van der Waals surface area contributed by atoms with Crippen LogP contribution in [0.5, 0.6) is 0 Å². The lowest BCUT2D eigenvalue weighted by Crippen LogP contribution is -2.41. The van der Waals surface area contributed by atoms with Crippen LogP contribution in [0.25, 0.3) is 6.08 Å². The first-order valence-electron chi connectivity index (χ1n) is 10.5. The fourth-order valence-electron chi connectivity index (χ4n) is 3.82. The number of hydrogen-bond donors (Lipinski definition) is 0. The summed E-state index contributed by atoms with van der Waals surface area (Å²) in [5.74, 6) is 0. The summed E-state index contributed by atoms with van der Waals surface area (Å²) in [7, 11) is -0.371. The van der Waals surface area contributed by atoms with Crippen LogP contribution in [-0.2, 0) is 9.31 Å². The van der Waals surface area contributed by atoms with Crippen molar-refractivity contribution in [3.63, 3.8) is 0 Å². The molecule has 1 fully saturated rings. The Bertz CT molecular complexity index is 931. The van der Waals surface area contributed by atoms with Gasteiger partial charge in [-0.05, 0) is 76.7 Å². The van der Waals surface area contributed by atoms with Gasteiger partial charge in [0.05, 0.1) is 16.9 Å². The zero-order chi connectivity index (χ0) is 20.6. The molecule has 4 rings (SSSR count). The highest BCUT2D eigenvalue weighted by Gasteiger charge is 2.51. The van der Waals surface area contributed by atoms with E-state index in [1.807, 2.05) is 0 Å². The minimum absolute atomic E-state index is 0.353. The molecule has 0 atom stereocenters. The van der Waals surface area contributed by atoms with Crippen molar-refractivity contribution in [2.45, 2.75) is 58.7 Å². The predicted octanol–water partition coefficient (Wildman–Crippen LogP) is 5.83. The zero-order valence-corrected chi connectivity index (χ0v) is 18.1. The molecule has 0 bridgehead atoms. The van der Waals surface area contributed by atoms with Crippen molar-refractivity contribution in [2.24, 2.45) is 0 Å². The molecule has 0 aliphatic carbocycles. The van der Waals surface area contributed by atoms with Crippen LogP contribution in [0.3, 0.4) is 0 Å². The van der Waals surface area contributed by atoms with E-state index in [9.17, 15) is 0 Å². The molecule has 0 radical (unpaired) electrons. The van der Waals surface area contributed by atoms with Gasteiger partial charge in [0.1, 0.15) is 0 Å². The third-order valence-electron chi connectivity index (χ3n) is 6.26. The SMILES string of the molecule is C/C1=C\CC/C=C/c2ccc(B3OC(C)(C)C(C)(C)O3)cc2N1c1ccccc1. The van der Waals surface area contributed by atoms with E-state index in [1.54, 1.807) is 0 Å². The Morgan fingerprint density at radius 2 is 1.59 bits per heavy atom. The minimum atomic E-state index is -0.371. The average molecular weight is 387 g/mol. The number of benzene rings is 2. The lowest BCUT2D eigenvalue weighted by atomic mass is 9.78. The molecule has 4 heteroatoms. The molecule has 0 spiro atoms. The van der Waals surface area contributed by atoms with E-state index < -0.39 is 0 Å². The Labute approximate surface area is 175 Å². The van der Waals surface area contributed by atoms with Gasteiger partial charge in [0.25, 0.3) is 0 Å². The van der Waals surface area contributed by atoms with Crippen molar-refractivity contribution in [1.29, 1.82) is 0 Å². The highest BCUT2D eigenvalue weighted by Crippen LogP contribution is 2.38. The van der Waals surface area contributed by atoms with Crippen molar-refractivity contribution in [3.05, 3.63) is 71.9 Å². The Hall–Kier alpha value is -2.30. The maximum absolute atomic E-state index is 6.32. The molecule has 0 saturated carbocycles. The Kier molecular flexibility index (Phi) is 5.18. The van der Waals surface area contributed by atoms with Gasteiger partial charge in [-0.3, -0.25) is 0 Å². The number of para-hydroxylation sites is 1. The van der Waals surface area contributed by atoms with Gasteiger partial charge in [0, 0.05) is 11.4 Å². The Balaban J connectivity index is 1.82. The largest absolute Gasteiger partial charge is 0.494 e. The van der Waals surface area contributed by atoms with E-state index in [0.29, 0.717) is 0 Å². The summed E-state index contributed by atoms with van der Waals surface area (Å²) in [6.07, 6.45) is 8.87. The third-order valence-corrected chi connectivity index (χ3v) is 6.26. The van der Waals surface area contributed by atoms with Crippen molar-refractivity contribution in [2.75, 3.05) is 4.90 Å². The number of rotatable bonds is 2. The number of fused-ring (bicyclic) bond motifs is 1. The summed E-state index contributed by atoms with van der Waals surface area (Å²) < 4.78 is 12.6. The summed E-state index contributed by atoms with van der Waals surface area (Å²) in [5, 5.41) is 0. The van der Waals surface area contributed by atoms with Gasteiger partial charge < -0.3 is 14.2 Å². The zero-order valence-electron chi connectivity index (χ0n) is 18.1. The van der Waals surface area contributed by atoms with E-state index in [0.717, 1.165) is 29.7 Å². The van der Waals surface area contributed by atoms with Crippen LogP contribution in [0.15, 0.2) is 66.4 Å². The van der Waals surface area contributed by atoms with E-state index in [-0.39, 0.29) is 18.3 Å². The fourth-order valence-corrected chi connectivity index (χ4v) is 3.82. The van der Waals surface area contributed by atoms with Gasteiger partial charge in [-0.2, -0.15) is 0 Å². The summed E-state index contributed by atoms with van der Waals surface area (Å²) in [5.41, 5.74) is 5.07. The summed E-state index contributed by atoms with van der Waals surface area (Å²) in [4.78, 5) is 2.33. The summed E-state index contributed by atoms with van der Waals surface area (Å²) in [6, 6.07) is 17.1. The standard InChI is InChI=1S/C25H30BNO2/c1-19-12-8-6-9-13-20-16-17-21(26-28-24(2,3)25(4,5)29-26)18-23(20)27(19)22-14-10-7-11-15-22/h7,9-18H,6,8H2,1-5H3/b13-9+,19-12+. The second-order valence-corrected chi connectivity index (χ2v) is 8.90. The Morgan fingerprint density at radius 3 is 2.28 bits per heavy atom. The molecule has 0 amide bonds. The van der Waals surface area contributed by atoms with Crippen molar-refractivity contribution >= 4 is 30.0 Å². The summed E-state index contributed by atoms with van der Waals surface area (Å²) in [6.45, 7) is 10.6. The third kappa shape index (κ3) is 3.79. The number of anilines is 2. The van der Waals surface area contributed by atoms with Gasteiger partial charge in [-0.25, -0.2) is 0 Å². The Morgan fingerprint density at radius 1 is 0.897 bits per heavy atom. The van der Waals surface area contributed by atoms with Gasteiger partial charge in [0.15, 0.2) is 0 Å². The lowest BCUT2D eigenvalue weighted by molar-refractivity contribution is 0.00578. The first kappa shape index (κ1) is 20.0. The minimum Gasteiger partial charge on any atom is -0.399 e. The molecule has 2 aromatic carbocycles. The van der Waals surface area contributed by atoms with Crippen LogP contribution in [0.2, 0.25) is 0 Å². The topological polar surface area (TPSA) is 21.7 Å². The molecular weight excluding hydrogens is 357 g/mol. The van der Waals surface area contributed by atoms with Crippen molar-refractivity contribution in [1.82, 2.24) is 0 Å². The highest BCUT2D eigenvalue weighted by atomic mass is 16.7. The lowest BCUT2D eigenvalue weighted by Gasteiger charge is -2.32. The van der Waals surface area contributed by atoms with E-state index >= 15 is 0 Å². The molecule has 150 valence electrons. The van der Waals surface area contributed by atoms with Gasteiger partial charge in [-0.15, -0.1) is 0 Å². The first-order valence-corrected chi connectivity index (χ1v) is 10.5. The van der Waals surface area contributed by atoms with E-state index in [4.69, 9.17) is 9.31 Å². The van der Waals surface area contributed by atoms with Crippen LogP contribution >= 0.6 is 0 Å². The highest BCUT2D eigenvalue weighted by molar-refractivity contribution is 6.62. The number of allylic oxidation sites excluding steroid dienone is 3. The first-order chi connectivity index (χ1) is 13.8. The number of hydrogen-bond acceptors (Lipinski definition) is 3. The molecule has 2 heterocycles. The van der Waals surface area contributed by atoms with Gasteiger partial charge in [-0.1, -0.05) is 48.6 Å². The normalized spacial score (nSPS) is 23.4. The molecule has 0 aromatic heterocycles. The molecule has 2 aromatic rings. The monoisotopic (exact) mass is 387 g/mol. The number of nitrogens with zero attached hydrogens (tertiary/aromatic N) is 1. The quantitative estimate of drug-likeness (QED) is 0.605. The maximum Gasteiger partial charge on any atom is 0.494 e. The van der Waals surface area contributed by atoms with Gasteiger partial charge in [0.2, 0.25) is 0 Å². The molecule has 2 aliphatic rings. The molecule has 29 heavy (non-hydrogen) atoms. The van der Waals surface area contributed by atoms with Crippen LogP contribution in [0.4, 0.5) is 11.4 Å². The maximum atomic E-state index is 6.32. The van der Waals surface area contributed by atoms with Crippen LogP contribution in [-0.4, -0.2) is 18.3 Å². The van der Waals surface area contributed by atoms with Crippen LogP contribution in [0.1, 0.15) is 53.0 Å². The smallest absolute Gasteiger partial charge is 0.399 e.